The van der Waals surface area contributed by atoms with E-state index in [1.807, 2.05) is 0 Å². The molecule has 1 aliphatic rings. The van der Waals surface area contributed by atoms with Crippen LogP contribution in [0.2, 0.25) is 0 Å². The second-order valence-corrected chi connectivity index (χ2v) is 9.39. The van der Waals surface area contributed by atoms with Crippen LogP contribution in [0.5, 0.6) is 0 Å². The summed E-state index contributed by atoms with van der Waals surface area (Å²) in [7, 11) is -8.33. The van der Waals surface area contributed by atoms with E-state index in [9.17, 15) is 21.6 Å². The van der Waals surface area contributed by atoms with Crippen LogP contribution in [0.4, 0.5) is 0 Å². The minimum Gasteiger partial charge on any atom is -0.480 e. The van der Waals surface area contributed by atoms with E-state index in [1.165, 1.54) is 18.2 Å². The molecule has 0 amide bonds. The van der Waals surface area contributed by atoms with Crippen molar-refractivity contribution < 1.29 is 26.7 Å². The molecule has 0 saturated heterocycles. The highest BCUT2D eigenvalue weighted by atomic mass is 32.2. The molecule has 1 atom stereocenters. The Labute approximate surface area is 141 Å². The quantitative estimate of drug-likeness (QED) is 0.606. The van der Waals surface area contributed by atoms with Gasteiger partial charge in [-0.1, -0.05) is 26.0 Å². The maximum Gasteiger partial charge on any atom is 0.322 e. The Balaban J connectivity index is 2.42. The standard InChI is InChI=1S/C14H20N2O6S2/c1-9(2)13(14(17)18)16-24(21,22)12-6-4-3-5-11(12)23(19,20)15-10-7-8-10/h3-6,9-10,13,15-16H,7-8H2,1-2H3,(H,17,18). The van der Waals surface area contributed by atoms with Crippen LogP contribution >= 0.6 is 0 Å². The van der Waals surface area contributed by atoms with Gasteiger partial charge < -0.3 is 5.11 Å². The number of carboxylic acid groups (broad SMARTS) is 1. The molecular formula is C14H20N2O6S2. The second-order valence-electron chi connectivity index (χ2n) is 6.02. The van der Waals surface area contributed by atoms with Crippen LogP contribution < -0.4 is 9.44 Å². The predicted octanol–water partition coefficient (Wildman–Crippen LogP) is 0.515. The molecule has 0 radical (unpaired) electrons. The van der Waals surface area contributed by atoms with Crippen LogP contribution in [-0.4, -0.2) is 40.0 Å². The third kappa shape index (κ3) is 4.32. The number of hydrogen-bond acceptors (Lipinski definition) is 5. The topological polar surface area (TPSA) is 130 Å². The second kappa shape index (κ2) is 6.79. The third-order valence-corrected chi connectivity index (χ3v) is 6.75. The Morgan fingerprint density at radius 1 is 1.08 bits per heavy atom. The zero-order valence-electron chi connectivity index (χ0n) is 13.3. The lowest BCUT2D eigenvalue weighted by Crippen LogP contribution is -2.44. The summed E-state index contributed by atoms with van der Waals surface area (Å²) in [6, 6.07) is 3.59. The van der Waals surface area contributed by atoms with E-state index < -0.39 is 47.8 Å². The van der Waals surface area contributed by atoms with E-state index in [2.05, 4.69) is 9.44 Å². The first-order chi connectivity index (χ1) is 11.0. The molecule has 24 heavy (non-hydrogen) atoms. The maximum atomic E-state index is 12.6. The molecule has 1 unspecified atom stereocenters. The lowest BCUT2D eigenvalue weighted by molar-refractivity contribution is -0.140. The van der Waals surface area contributed by atoms with E-state index in [0.717, 1.165) is 6.07 Å². The fourth-order valence-corrected chi connectivity index (χ4v) is 5.56. The molecule has 1 aromatic rings. The van der Waals surface area contributed by atoms with Crippen molar-refractivity contribution in [3.8, 4) is 0 Å². The van der Waals surface area contributed by atoms with Crippen LogP contribution in [0.1, 0.15) is 26.7 Å². The van der Waals surface area contributed by atoms with Gasteiger partial charge in [0.05, 0.1) is 0 Å². The number of aliphatic carboxylic acids is 1. The molecule has 10 heteroatoms. The molecule has 1 aliphatic carbocycles. The summed E-state index contributed by atoms with van der Waals surface area (Å²) in [4.78, 5) is 10.4. The maximum absolute atomic E-state index is 12.6. The van der Waals surface area contributed by atoms with Crippen molar-refractivity contribution in [2.75, 3.05) is 0 Å². The van der Waals surface area contributed by atoms with Crippen LogP contribution in [0.25, 0.3) is 0 Å². The highest BCUT2D eigenvalue weighted by Crippen LogP contribution is 2.26. The zero-order valence-corrected chi connectivity index (χ0v) is 14.9. The fraction of sp³-hybridized carbons (Fsp3) is 0.500. The molecule has 2 rings (SSSR count). The summed E-state index contributed by atoms with van der Waals surface area (Å²) >= 11 is 0. The van der Waals surface area contributed by atoms with Gasteiger partial charge in [-0.15, -0.1) is 0 Å². The minimum absolute atomic E-state index is 0.179. The summed E-state index contributed by atoms with van der Waals surface area (Å²) in [6.45, 7) is 3.11. The Morgan fingerprint density at radius 2 is 1.58 bits per heavy atom. The number of benzene rings is 1. The first-order valence-corrected chi connectivity index (χ1v) is 10.4. The average molecular weight is 376 g/mol. The zero-order chi connectivity index (χ0) is 18.1. The van der Waals surface area contributed by atoms with E-state index in [0.29, 0.717) is 12.8 Å². The van der Waals surface area contributed by atoms with Crippen molar-refractivity contribution >= 4 is 26.0 Å². The van der Waals surface area contributed by atoms with Gasteiger partial charge in [-0.05, 0) is 30.9 Å². The van der Waals surface area contributed by atoms with Crippen molar-refractivity contribution in [1.82, 2.24) is 9.44 Å². The largest absolute Gasteiger partial charge is 0.480 e. The number of nitrogens with one attached hydrogen (secondary N) is 2. The van der Waals surface area contributed by atoms with Gasteiger partial charge in [-0.25, -0.2) is 21.6 Å². The van der Waals surface area contributed by atoms with Gasteiger partial charge in [0, 0.05) is 6.04 Å². The predicted molar refractivity (Wildman–Crippen MR) is 86.4 cm³/mol. The Kier molecular flexibility index (Phi) is 5.33. The molecule has 1 fully saturated rings. The van der Waals surface area contributed by atoms with E-state index >= 15 is 0 Å². The Hall–Kier alpha value is -1.49. The van der Waals surface area contributed by atoms with E-state index in [4.69, 9.17) is 5.11 Å². The summed E-state index contributed by atoms with van der Waals surface area (Å²) in [5, 5.41) is 9.15. The van der Waals surface area contributed by atoms with Gasteiger partial charge in [-0.2, -0.15) is 4.72 Å². The Morgan fingerprint density at radius 3 is 2.00 bits per heavy atom. The van der Waals surface area contributed by atoms with Crippen LogP contribution in [0.3, 0.4) is 0 Å². The smallest absolute Gasteiger partial charge is 0.322 e. The molecular weight excluding hydrogens is 356 g/mol. The Bertz CT molecular complexity index is 829. The molecule has 8 nitrogen and oxygen atoms in total. The summed E-state index contributed by atoms with van der Waals surface area (Å²) < 4.78 is 54.4. The molecule has 1 saturated carbocycles. The molecule has 0 aromatic heterocycles. The summed E-state index contributed by atoms with van der Waals surface area (Å²) in [5.74, 6) is -1.84. The molecule has 0 bridgehead atoms. The van der Waals surface area contributed by atoms with Crippen LogP contribution in [0.15, 0.2) is 34.1 Å². The lowest BCUT2D eigenvalue weighted by Gasteiger charge is -2.19. The first-order valence-electron chi connectivity index (χ1n) is 7.41. The summed E-state index contributed by atoms with van der Waals surface area (Å²) in [6.07, 6.45) is 1.42. The van der Waals surface area contributed by atoms with Crippen molar-refractivity contribution in [2.45, 2.75) is 48.6 Å². The van der Waals surface area contributed by atoms with Gasteiger partial charge in [0.15, 0.2) is 0 Å². The lowest BCUT2D eigenvalue weighted by atomic mass is 10.1. The van der Waals surface area contributed by atoms with Crippen LogP contribution in [0, 0.1) is 5.92 Å². The highest BCUT2D eigenvalue weighted by Gasteiger charge is 2.34. The number of carbonyl (C=O) groups is 1. The van der Waals surface area contributed by atoms with Crippen molar-refractivity contribution in [3.63, 3.8) is 0 Å². The molecule has 3 N–H and O–H groups in total. The van der Waals surface area contributed by atoms with Gasteiger partial charge in [0.2, 0.25) is 20.0 Å². The van der Waals surface area contributed by atoms with E-state index in [-0.39, 0.29) is 6.04 Å². The number of sulfonamides is 2. The number of rotatable bonds is 8. The van der Waals surface area contributed by atoms with Crippen molar-refractivity contribution in [3.05, 3.63) is 24.3 Å². The molecule has 1 aromatic carbocycles. The average Bonchev–Trinajstić information content (AvgIpc) is 3.27. The summed E-state index contributed by atoms with van der Waals surface area (Å²) in [5.41, 5.74) is 0. The number of hydrogen-bond donors (Lipinski definition) is 3. The first kappa shape index (κ1) is 18.8. The third-order valence-electron chi connectivity index (χ3n) is 3.54. The van der Waals surface area contributed by atoms with Gasteiger partial charge >= 0.3 is 5.97 Å². The van der Waals surface area contributed by atoms with Crippen LogP contribution in [-0.2, 0) is 24.8 Å². The van der Waals surface area contributed by atoms with Gasteiger partial charge in [-0.3, -0.25) is 4.79 Å². The fourth-order valence-electron chi connectivity index (χ4n) is 2.08. The van der Waals surface area contributed by atoms with E-state index in [1.54, 1.807) is 13.8 Å². The molecule has 0 aliphatic heterocycles. The monoisotopic (exact) mass is 376 g/mol. The van der Waals surface area contributed by atoms with Gasteiger partial charge in [0.25, 0.3) is 0 Å². The number of carboxylic acids is 1. The van der Waals surface area contributed by atoms with Crippen molar-refractivity contribution in [1.29, 1.82) is 0 Å². The highest BCUT2D eigenvalue weighted by molar-refractivity contribution is 7.92. The van der Waals surface area contributed by atoms with Crippen molar-refractivity contribution in [2.24, 2.45) is 5.92 Å². The molecule has 134 valence electrons. The molecule has 0 spiro atoms. The van der Waals surface area contributed by atoms with Gasteiger partial charge in [0.1, 0.15) is 15.8 Å². The normalized spacial score (nSPS) is 17.0. The SMILES string of the molecule is CC(C)C(NS(=O)(=O)c1ccccc1S(=O)(=O)NC1CC1)C(=O)O. The molecule has 0 heterocycles. The minimum atomic E-state index is -4.33.